The second-order valence-electron chi connectivity index (χ2n) is 3.66. The molecule has 1 heterocycles. The molecule has 0 bridgehead atoms. The fraction of sp³-hybridized carbons (Fsp3) is 0.0833. The van der Waals surface area contributed by atoms with Crippen molar-refractivity contribution in [3.8, 4) is 6.07 Å². The van der Waals surface area contributed by atoms with Crippen LogP contribution in [0, 0.1) is 18.3 Å². The smallest absolute Gasteiger partial charge is 0.222 e. The molecule has 0 aliphatic rings. The van der Waals surface area contributed by atoms with Gasteiger partial charge >= 0.3 is 0 Å². The molecule has 18 heavy (non-hydrogen) atoms. The second-order valence-corrected chi connectivity index (χ2v) is 4.51. The van der Waals surface area contributed by atoms with E-state index in [9.17, 15) is 0 Å². The number of halogens is 1. The Morgan fingerprint density at radius 2 is 2.22 bits per heavy atom. The lowest BCUT2D eigenvalue weighted by Gasteiger charge is -2.10. The van der Waals surface area contributed by atoms with Crippen LogP contribution in [0.1, 0.15) is 11.1 Å². The average molecular weight is 304 g/mol. The topological polar surface area (TPSA) is 87.6 Å². The molecule has 90 valence electrons. The van der Waals surface area contributed by atoms with Crippen LogP contribution in [0.25, 0.3) is 0 Å². The van der Waals surface area contributed by atoms with Gasteiger partial charge in [-0.15, -0.1) is 0 Å². The molecule has 0 saturated carbocycles. The molecule has 0 saturated heterocycles. The maximum atomic E-state index is 9.14. The first-order valence-corrected chi connectivity index (χ1v) is 5.96. The van der Waals surface area contributed by atoms with Gasteiger partial charge in [-0.25, -0.2) is 4.98 Å². The molecule has 0 radical (unpaired) electrons. The Bertz CT molecular complexity index is 633. The highest BCUT2D eigenvalue weighted by atomic mass is 79.9. The van der Waals surface area contributed by atoms with Gasteiger partial charge < -0.3 is 11.1 Å². The lowest BCUT2D eigenvalue weighted by Crippen LogP contribution is -2.02. The minimum absolute atomic E-state index is 0.173. The molecule has 0 fully saturated rings. The van der Waals surface area contributed by atoms with Gasteiger partial charge in [-0.2, -0.15) is 10.2 Å². The van der Waals surface area contributed by atoms with E-state index in [1.165, 1.54) is 0 Å². The standard InChI is InChI=1S/C12H10BrN5/c1-7-3-2-4-10(8(7)5-14)17-11-9(13)6-16-12(15)18-11/h2-4,6H,1H3,(H3,15,16,17,18). The summed E-state index contributed by atoms with van der Waals surface area (Å²) in [5, 5.41) is 12.2. The third kappa shape index (κ3) is 2.41. The minimum Gasteiger partial charge on any atom is -0.368 e. The number of hydrogen-bond donors (Lipinski definition) is 2. The van der Waals surface area contributed by atoms with E-state index in [0.717, 1.165) is 5.56 Å². The molecule has 0 amide bonds. The number of hydrogen-bond acceptors (Lipinski definition) is 5. The molecule has 2 rings (SSSR count). The molecular weight excluding hydrogens is 294 g/mol. The summed E-state index contributed by atoms with van der Waals surface area (Å²) in [5.41, 5.74) is 7.71. The quantitative estimate of drug-likeness (QED) is 0.890. The monoisotopic (exact) mass is 303 g/mol. The van der Waals surface area contributed by atoms with E-state index in [-0.39, 0.29) is 5.95 Å². The van der Waals surface area contributed by atoms with E-state index >= 15 is 0 Å². The minimum atomic E-state index is 0.173. The molecule has 5 nitrogen and oxygen atoms in total. The summed E-state index contributed by atoms with van der Waals surface area (Å²) in [4.78, 5) is 7.93. The van der Waals surface area contributed by atoms with E-state index in [1.807, 2.05) is 25.1 Å². The van der Waals surface area contributed by atoms with E-state index < -0.39 is 0 Å². The Morgan fingerprint density at radius 1 is 1.44 bits per heavy atom. The highest BCUT2D eigenvalue weighted by Crippen LogP contribution is 2.26. The SMILES string of the molecule is Cc1cccc(Nc2nc(N)ncc2Br)c1C#N. The van der Waals surface area contributed by atoms with Crippen molar-refractivity contribution in [2.24, 2.45) is 0 Å². The van der Waals surface area contributed by atoms with E-state index in [2.05, 4.69) is 37.3 Å². The Balaban J connectivity index is 2.44. The van der Waals surface area contributed by atoms with Gasteiger partial charge in [0.25, 0.3) is 0 Å². The fourth-order valence-corrected chi connectivity index (χ4v) is 1.81. The number of nitrogen functional groups attached to an aromatic ring is 1. The average Bonchev–Trinajstić information content (AvgIpc) is 2.34. The molecule has 0 atom stereocenters. The van der Waals surface area contributed by atoms with Gasteiger partial charge in [0.1, 0.15) is 11.9 Å². The first-order chi connectivity index (χ1) is 8.61. The van der Waals surface area contributed by atoms with Crippen molar-refractivity contribution in [1.29, 1.82) is 5.26 Å². The van der Waals surface area contributed by atoms with Crippen molar-refractivity contribution < 1.29 is 0 Å². The van der Waals surface area contributed by atoms with Crippen LogP contribution in [0.15, 0.2) is 28.9 Å². The zero-order valence-electron chi connectivity index (χ0n) is 9.61. The number of nitriles is 1. The molecular formula is C12H10BrN5. The zero-order chi connectivity index (χ0) is 13.1. The first kappa shape index (κ1) is 12.3. The van der Waals surface area contributed by atoms with Crippen LogP contribution < -0.4 is 11.1 Å². The Labute approximate surface area is 113 Å². The second kappa shape index (κ2) is 5.02. The summed E-state index contributed by atoms with van der Waals surface area (Å²) in [6, 6.07) is 7.74. The van der Waals surface area contributed by atoms with Crippen LogP contribution >= 0.6 is 15.9 Å². The molecule has 0 aliphatic heterocycles. The van der Waals surface area contributed by atoms with Crippen molar-refractivity contribution >= 4 is 33.4 Å². The number of benzene rings is 1. The van der Waals surface area contributed by atoms with Crippen LogP contribution in [0.4, 0.5) is 17.5 Å². The third-order valence-corrected chi connectivity index (χ3v) is 2.98. The Kier molecular flexibility index (Phi) is 3.44. The van der Waals surface area contributed by atoms with Crippen molar-refractivity contribution in [2.75, 3.05) is 11.1 Å². The lowest BCUT2D eigenvalue weighted by atomic mass is 10.1. The largest absolute Gasteiger partial charge is 0.368 e. The highest BCUT2D eigenvalue weighted by Gasteiger charge is 2.08. The number of aromatic nitrogens is 2. The van der Waals surface area contributed by atoms with Crippen LogP contribution in [0.2, 0.25) is 0 Å². The van der Waals surface area contributed by atoms with Crippen molar-refractivity contribution in [2.45, 2.75) is 6.92 Å². The molecule has 0 unspecified atom stereocenters. The van der Waals surface area contributed by atoms with Crippen molar-refractivity contribution in [1.82, 2.24) is 9.97 Å². The lowest BCUT2D eigenvalue weighted by molar-refractivity contribution is 1.17. The van der Waals surface area contributed by atoms with Crippen LogP contribution in [-0.2, 0) is 0 Å². The van der Waals surface area contributed by atoms with Gasteiger partial charge in [-0.05, 0) is 34.5 Å². The van der Waals surface area contributed by atoms with Crippen molar-refractivity contribution in [3.05, 3.63) is 40.0 Å². The number of nitrogens with one attached hydrogen (secondary N) is 1. The normalized spacial score (nSPS) is 9.83. The summed E-state index contributed by atoms with van der Waals surface area (Å²) in [6.45, 7) is 1.88. The highest BCUT2D eigenvalue weighted by molar-refractivity contribution is 9.10. The fourth-order valence-electron chi connectivity index (χ4n) is 1.52. The van der Waals surface area contributed by atoms with E-state index in [0.29, 0.717) is 21.5 Å². The van der Waals surface area contributed by atoms with Gasteiger partial charge in [-0.3, -0.25) is 0 Å². The molecule has 0 spiro atoms. The van der Waals surface area contributed by atoms with Gasteiger partial charge in [0, 0.05) is 6.20 Å². The summed E-state index contributed by atoms with van der Waals surface area (Å²) >= 11 is 3.33. The molecule has 2 aromatic rings. The van der Waals surface area contributed by atoms with Crippen molar-refractivity contribution in [3.63, 3.8) is 0 Å². The number of anilines is 3. The first-order valence-electron chi connectivity index (χ1n) is 5.16. The van der Waals surface area contributed by atoms with Gasteiger partial charge in [0.2, 0.25) is 5.95 Å². The molecule has 0 aliphatic carbocycles. The van der Waals surface area contributed by atoms with Crippen LogP contribution in [0.5, 0.6) is 0 Å². The number of rotatable bonds is 2. The van der Waals surface area contributed by atoms with E-state index in [1.54, 1.807) is 6.20 Å². The molecule has 6 heteroatoms. The maximum absolute atomic E-state index is 9.14. The summed E-state index contributed by atoms with van der Waals surface area (Å²) in [6.07, 6.45) is 1.56. The summed E-state index contributed by atoms with van der Waals surface area (Å²) in [5.74, 6) is 0.705. The summed E-state index contributed by atoms with van der Waals surface area (Å²) < 4.78 is 0.682. The third-order valence-electron chi connectivity index (χ3n) is 2.40. The molecule has 3 N–H and O–H groups in total. The summed E-state index contributed by atoms with van der Waals surface area (Å²) in [7, 11) is 0. The van der Waals surface area contributed by atoms with Gasteiger partial charge in [-0.1, -0.05) is 12.1 Å². The predicted octanol–water partition coefficient (Wildman–Crippen LogP) is 2.75. The molecule has 1 aromatic heterocycles. The Morgan fingerprint density at radius 3 is 2.94 bits per heavy atom. The predicted molar refractivity (Wildman–Crippen MR) is 73.3 cm³/mol. The zero-order valence-corrected chi connectivity index (χ0v) is 11.2. The van der Waals surface area contributed by atoms with E-state index in [4.69, 9.17) is 11.0 Å². The van der Waals surface area contributed by atoms with Crippen LogP contribution in [0.3, 0.4) is 0 Å². The number of nitrogens with two attached hydrogens (primary N) is 1. The van der Waals surface area contributed by atoms with Crippen LogP contribution in [-0.4, -0.2) is 9.97 Å². The van der Waals surface area contributed by atoms with Gasteiger partial charge in [0.15, 0.2) is 0 Å². The number of nitrogens with zero attached hydrogens (tertiary/aromatic N) is 3. The molecule has 1 aromatic carbocycles. The maximum Gasteiger partial charge on any atom is 0.222 e. The number of aryl methyl sites for hydroxylation is 1. The van der Waals surface area contributed by atoms with Gasteiger partial charge in [0.05, 0.1) is 15.7 Å². The Hall–Kier alpha value is -2.13.